The molecule has 6 nitrogen and oxygen atoms in total. The topological polar surface area (TPSA) is 85.8 Å². The highest BCUT2D eigenvalue weighted by atomic mass is 16.2. The van der Waals surface area contributed by atoms with Gasteiger partial charge in [-0.25, -0.2) is 9.67 Å². The first-order valence-corrected chi connectivity index (χ1v) is 8.18. The van der Waals surface area contributed by atoms with Crippen LogP contribution < -0.4 is 11.1 Å². The van der Waals surface area contributed by atoms with E-state index < -0.39 is 0 Å². The molecule has 1 aromatic heterocycles. The van der Waals surface area contributed by atoms with Crippen molar-refractivity contribution in [3.63, 3.8) is 0 Å². The Morgan fingerprint density at radius 3 is 2.70 bits per heavy atom. The van der Waals surface area contributed by atoms with Crippen molar-refractivity contribution in [2.45, 2.75) is 31.8 Å². The fourth-order valence-electron chi connectivity index (χ4n) is 4.15. The van der Waals surface area contributed by atoms with Crippen LogP contribution in [0.2, 0.25) is 0 Å². The Morgan fingerprint density at radius 2 is 2.04 bits per heavy atom. The van der Waals surface area contributed by atoms with Crippen LogP contribution in [-0.4, -0.2) is 26.7 Å². The molecule has 3 N–H and O–H groups in total. The molecule has 2 saturated carbocycles. The molecule has 0 radical (unpaired) electrons. The molecular weight excluding hydrogens is 290 g/mol. The minimum Gasteiger partial charge on any atom is -0.327 e. The average molecular weight is 311 g/mol. The second kappa shape index (κ2) is 5.77. The molecule has 1 aromatic carbocycles. The molecule has 2 aliphatic carbocycles. The van der Waals surface area contributed by atoms with Gasteiger partial charge in [0.15, 0.2) is 0 Å². The second-order valence-corrected chi connectivity index (χ2v) is 6.72. The monoisotopic (exact) mass is 311 g/mol. The second-order valence-electron chi connectivity index (χ2n) is 6.72. The predicted octanol–water partition coefficient (Wildman–Crippen LogP) is 1.64. The summed E-state index contributed by atoms with van der Waals surface area (Å²) < 4.78 is 1.77. The molecule has 2 aromatic rings. The number of amides is 1. The number of hydrogen-bond donors (Lipinski definition) is 2. The quantitative estimate of drug-likeness (QED) is 0.899. The number of anilines is 1. The number of nitrogens with zero attached hydrogens (tertiary/aromatic N) is 3. The molecule has 0 aliphatic heterocycles. The van der Waals surface area contributed by atoms with E-state index in [-0.39, 0.29) is 17.9 Å². The van der Waals surface area contributed by atoms with E-state index in [4.69, 9.17) is 5.73 Å². The SMILES string of the molecule is NC1C2CCC(C2)C1C(=O)Nc1ccc(Cn2cncn2)cc1. The number of benzene rings is 1. The summed E-state index contributed by atoms with van der Waals surface area (Å²) in [6.45, 7) is 0.672. The number of nitrogens with two attached hydrogens (primary N) is 1. The summed E-state index contributed by atoms with van der Waals surface area (Å²) in [6.07, 6.45) is 6.66. The summed E-state index contributed by atoms with van der Waals surface area (Å²) in [5.74, 6) is 1.07. The normalized spacial score (nSPS) is 28.9. The Hall–Kier alpha value is -2.21. The lowest BCUT2D eigenvalue weighted by Crippen LogP contribution is -2.42. The van der Waals surface area contributed by atoms with Crippen LogP contribution in [-0.2, 0) is 11.3 Å². The Morgan fingerprint density at radius 1 is 1.26 bits per heavy atom. The van der Waals surface area contributed by atoms with Crippen LogP contribution in [0.15, 0.2) is 36.9 Å². The summed E-state index contributed by atoms with van der Waals surface area (Å²) in [7, 11) is 0. The number of nitrogens with one attached hydrogen (secondary N) is 1. The Labute approximate surface area is 135 Å². The van der Waals surface area contributed by atoms with Crippen LogP contribution in [0.1, 0.15) is 24.8 Å². The molecule has 2 bridgehead atoms. The van der Waals surface area contributed by atoms with Gasteiger partial charge in [0.05, 0.1) is 12.5 Å². The van der Waals surface area contributed by atoms with E-state index in [1.807, 2.05) is 24.3 Å². The van der Waals surface area contributed by atoms with Crippen molar-refractivity contribution in [3.8, 4) is 0 Å². The van der Waals surface area contributed by atoms with Gasteiger partial charge >= 0.3 is 0 Å². The van der Waals surface area contributed by atoms with Gasteiger partial charge in [0.1, 0.15) is 12.7 Å². The first-order chi connectivity index (χ1) is 11.2. The largest absolute Gasteiger partial charge is 0.327 e. The van der Waals surface area contributed by atoms with Gasteiger partial charge in [-0.1, -0.05) is 12.1 Å². The first kappa shape index (κ1) is 14.4. The third-order valence-electron chi connectivity index (χ3n) is 5.32. The molecule has 23 heavy (non-hydrogen) atoms. The summed E-state index contributed by atoms with van der Waals surface area (Å²) in [5, 5.41) is 7.12. The minimum absolute atomic E-state index is 0.0245. The molecule has 4 atom stereocenters. The maximum atomic E-state index is 12.5. The molecule has 2 aliphatic rings. The highest BCUT2D eigenvalue weighted by Gasteiger charge is 2.49. The van der Waals surface area contributed by atoms with Crippen molar-refractivity contribution in [2.24, 2.45) is 23.5 Å². The molecule has 0 spiro atoms. The van der Waals surface area contributed by atoms with Gasteiger partial charge in [0.25, 0.3) is 0 Å². The minimum atomic E-state index is -0.0245. The van der Waals surface area contributed by atoms with Crippen molar-refractivity contribution >= 4 is 11.6 Å². The first-order valence-electron chi connectivity index (χ1n) is 8.18. The standard InChI is InChI=1S/C17H21N5O/c18-16-13-4-3-12(7-13)15(16)17(23)21-14-5-1-11(2-6-14)8-22-10-19-9-20-22/h1-2,5-6,9-10,12-13,15-16H,3-4,7-8,18H2,(H,21,23). The number of carbonyl (C=O) groups is 1. The van der Waals surface area contributed by atoms with Crippen molar-refractivity contribution in [1.82, 2.24) is 14.8 Å². The number of fused-ring (bicyclic) bond motifs is 2. The Kier molecular flexibility index (Phi) is 3.61. The van der Waals surface area contributed by atoms with Crippen LogP contribution in [0.5, 0.6) is 0 Å². The number of aromatic nitrogens is 3. The fraction of sp³-hybridized carbons (Fsp3) is 0.471. The summed E-state index contributed by atoms with van der Waals surface area (Å²) in [4.78, 5) is 16.5. The zero-order valence-electron chi connectivity index (χ0n) is 12.9. The maximum Gasteiger partial charge on any atom is 0.229 e. The van der Waals surface area contributed by atoms with E-state index in [9.17, 15) is 4.79 Å². The Balaban J connectivity index is 1.40. The van der Waals surface area contributed by atoms with Gasteiger partial charge in [-0.15, -0.1) is 0 Å². The highest BCUT2D eigenvalue weighted by Crippen LogP contribution is 2.47. The molecule has 2 fully saturated rings. The molecule has 0 saturated heterocycles. The lowest BCUT2D eigenvalue weighted by molar-refractivity contribution is -0.121. The van der Waals surface area contributed by atoms with Gasteiger partial charge in [-0.2, -0.15) is 5.10 Å². The lowest BCUT2D eigenvalue weighted by Gasteiger charge is -2.27. The van der Waals surface area contributed by atoms with Crippen molar-refractivity contribution < 1.29 is 4.79 Å². The third kappa shape index (κ3) is 2.74. The van der Waals surface area contributed by atoms with Gasteiger partial charge in [0, 0.05) is 11.7 Å². The van der Waals surface area contributed by atoms with Crippen LogP contribution in [0, 0.1) is 17.8 Å². The molecule has 4 rings (SSSR count). The molecule has 4 unspecified atom stereocenters. The molecule has 120 valence electrons. The fourth-order valence-corrected chi connectivity index (χ4v) is 4.15. The van der Waals surface area contributed by atoms with Gasteiger partial charge < -0.3 is 11.1 Å². The highest BCUT2D eigenvalue weighted by molar-refractivity contribution is 5.93. The van der Waals surface area contributed by atoms with Crippen LogP contribution in [0.3, 0.4) is 0 Å². The maximum absolute atomic E-state index is 12.5. The van der Waals surface area contributed by atoms with E-state index in [0.29, 0.717) is 18.4 Å². The van der Waals surface area contributed by atoms with Gasteiger partial charge in [0.2, 0.25) is 5.91 Å². The Bertz CT molecular complexity index is 680. The molecule has 1 heterocycles. The molecular formula is C17H21N5O. The summed E-state index contributed by atoms with van der Waals surface area (Å²) in [6, 6.07) is 7.89. The number of rotatable bonds is 4. The van der Waals surface area contributed by atoms with Crippen LogP contribution in [0.25, 0.3) is 0 Å². The van der Waals surface area contributed by atoms with Crippen LogP contribution in [0.4, 0.5) is 5.69 Å². The summed E-state index contributed by atoms with van der Waals surface area (Å²) >= 11 is 0. The van der Waals surface area contributed by atoms with Crippen LogP contribution >= 0.6 is 0 Å². The zero-order chi connectivity index (χ0) is 15.8. The van der Waals surface area contributed by atoms with E-state index in [2.05, 4.69) is 15.4 Å². The van der Waals surface area contributed by atoms with Gasteiger partial charge in [-0.05, 0) is 48.8 Å². The predicted molar refractivity (Wildman–Crippen MR) is 86.5 cm³/mol. The lowest BCUT2D eigenvalue weighted by atomic mass is 9.84. The van der Waals surface area contributed by atoms with E-state index >= 15 is 0 Å². The van der Waals surface area contributed by atoms with E-state index in [1.165, 1.54) is 12.7 Å². The number of carbonyl (C=O) groups excluding carboxylic acids is 1. The average Bonchev–Trinajstić information content (AvgIpc) is 3.26. The van der Waals surface area contributed by atoms with Crippen molar-refractivity contribution in [3.05, 3.63) is 42.5 Å². The zero-order valence-corrected chi connectivity index (χ0v) is 12.9. The number of hydrogen-bond acceptors (Lipinski definition) is 4. The molecule has 6 heteroatoms. The van der Waals surface area contributed by atoms with Gasteiger partial charge in [-0.3, -0.25) is 4.79 Å². The van der Waals surface area contributed by atoms with E-state index in [0.717, 1.165) is 24.1 Å². The van der Waals surface area contributed by atoms with E-state index in [1.54, 1.807) is 11.0 Å². The summed E-state index contributed by atoms with van der Waals surface area (Å²) in [5.41, 5.74) is 8.18. The third-order valence-corrected chi connectivity index (χ3v) is 5.32. The molecule has 1 amide bonds. The van der Waals surface area contributed by atoms with Crippen molar-refractivity contribution in [2.75, 3.05) is 5.32 Å². The smallest absolute Gasteiger partial charge is 0.229 e. The van der Waals surface area contributed by atoms with Crippen molar-refractivity contribution in [1.29, 1.82) is 0 Å².